The van der Waals surface area contributed by atoms with Gasteiger partial charge in [0.2, 0.25) is 0 Å². The van der Waals surface area contributed by atoms with E-state index in [-0.39, 0.29) is 5.91 Å². The fourth-order valence-electron chi connectivity index (χ4n) is 2.52. The first-order valence-corrected chi connectivity index (χ1v) is 6.84. The second-order valence-corrected chi connectivity index (χ2v) is 5.29. The zero-order valence-corrected chi connectivity index (χ0v) is 11.7. The normalized spacial score (nSPS) is 19.9. The van der Waals surface area contributed by atoms with E-state index in [1.54, 1.807) is 25.3 Å². The SMILES string of the molecule is COc1cc(N)ccc1C(=O)N1CCCC(C)CC1. The summed E-state index contributed by atoms with van der Waals surface area (Å²) in [4.78, 5) is 14.5. The number of likely N-dealkylation sites (tertiary alicyclic amines) is 1. The van der Waals surface area contributed by atoms with Crippen molar-refractivity contribution < 1.29 is 9.53 Å². The van der Waals surface area contributed by atoms with E-state index >= 15 is 0 Å². The number of carbonyl (C=O) groups excluding carboxylic acids is 1. The number of hydrogen-bond donors (Lipinski definition) is 1. The fraction of sp³-hybridized carbons (Fsp3) is 0.533. The van der Waals surface area contributed by atoms with Crippen molar-refractivity contribution in [2.45, 2.75) is 26.2 Å². The highest BCUT2D eigenvalue weighted by Crippen LogP contribution is 2.25. The number of rotatable bonds is 2. The lowest BCUT2D eigenvalue weighted by atomic mass is 10.0. The molecule has 1 aliphatic rings. The lowest BCUT2D eigenvalue weighted by molar-refractivity contribution is 0.0757. The molecule has 4 nitrogen and oxygen atoms in total. The molecule has 2 rings (SSSR count). The van der Waals surface area contributed by atoms with Crippen LogP contribution in [0.25, 0.3) is 0 Å². The maximum atomic E-state index is 12.6. The topological polar surface area (TPSA) is 55.6 Å². The molecule has 1 unspecified atom stereocenters. The van der Waals surface area contributed by atoms with E-state index in [1.165, 1.54) is 6.42 Å². The Morgan fingerprint density at radius 1 is 1.37 bits per heavy atom. The summed E-state index contributed by atoms with van der Waals surface area (Å²) in [7, 11) is 1.57. The highest BCUT2D eigenvalue weighted by atomic mass is 16.5. The van der Waals surface area contributed by atoms with Crippen molar-refractivity contribution >= 4 is 11.6 Å². The smallest absolute Gasteiger partial charge is 0.257 e. The minimum Gasteiger partial charge on any atom is -0.496 e. The van der Waals surface area contributed by atoms with Crippen LogP contribution in [0.5, 0.6) is 5.75 Å². The first-order valence-electron chi connectivity index (χ1n) is 6.84. The molecule has 2 N–H and O–H groups in total. The maximum absolute atomic E-state index is 12.6. The van der Waals surface area contributed by atoms with Gasteiger partial charge in [-0.3, -0.25) is 4.79 Å². The van der Waals surface area contributed by atoms with Crippen molar-refractivity contribution in [3.63, 3.8) is 0 Å². The van der Waals surface area contributed by atoms with Gasteiger partial charge in [0.05, 0.1) is 12.7 Å². The number of anilines is 1. The Morgan fingerprint density at radius 2 is 2.16 bits per heavy atom. The molecule has 1 amide bonds. The first-order chi connectivity index (χ1) is 9.11. The van der Waals surface area contributed by atoms with Crippen LogP contribution in [0.15, 0.2) is 18.2 Å². The van der Waals surface area contributed by atoms with Crippen molar-refractivity contribution in [3.8, 4) is 5.75 Å². The van der Waals surface area contributed by atoms with Gasteiger partial charge in [-0.25, -0.2) is 0 Å². The number of carbonyl (C=O) groups is 1. The Labute approximate surface area is 114 Å². The monoisotopic (exact) mass is 262 g/mol. The number of benzene rings is 1. The third kappa shape index (κ3) is 3.19. The predicted molar refractivity (Wildman–Crippen MR) is 76.3 cm³/mol. The summed E-state index contributed by atoms with van der Waals surface area (Å²) in [6, 6.07) is 5.20. The zero-order valence-electron chi connectivity index (χ0n) is 11.7. The van der Waals surface area contributed by atoms with Gasteiger partial charge in [-0.15, -0.1) is 0 Å². The average molecular weight is 262 g/mol. The van der Waals surface area contributed by atoms with Crippen LogP contribution in [0, 0.1) is 5.92 Å². The molecule has 4 heteroatoms. The summed E-state index contributed by atoms with van der Waals surface area (Å²) in [5.41, 5.74) is 6.93. The quantitative estimate of drug-likeness (QED) is 0.833. The average Bonchev–Trinajstić information content (AvgIpc) is 2.62. The summed E-state index contributed by atoms with van der Waals surface area (Å²) in [6.07, 6.45) is 3.34. The molecule has 19 heavy (non-hydrogen) atoms. The van der Waals surface area contributed by atoms with Gasteiger partial charge >= 0.3 is 0 Å². The lowest BCUT2D eigenvalue weighted by Gasteiger charge is -2.21. The van der Waals surface area contributed by atoms with Gasteiger partial charge in [0.25, 0.3) is 5.91 Å². The fourth-order valence-corrected chi connectivity index (χ4v) is 2.52. The summed E-state index contributed by atoms with van der Waals surface area (Å²) >= 11 is 0. The van der Waals surface area contributed by atoms with Crippen LogP contribution in [0.1, 0.15) is 36.5 Å². The molecule has 1 aromatic rings. The molecule has 1 aliphatic heterocycles. The van der Waals surface area contributed by atoms with E-state index in [2.05, 4.69) is 6.92 Å². The van der Waals surface area contributed by atoms with Crippen LogP contribution in [0.2, 0.25) is 0 Å². The van der Waals surface area contributed by atoms with Gasteiger partial charge in [0.1, 0.15) is 5.75 Å². The number of nitrogens with zero attached hydrogens (tertiary/aromatic N) is 1. The molecular formula is C15H22N2O2. The minimum atomic E-state index is 0.0472. The second-order valence-electron chi connectivity index (χ2n) is 5.29. The molecule has 0 saturated carbocycles. The molecule has 0 aliphatic carbocycles. The molecule has 1 heterocycles. The number of nitrogen functional groups attached to an aromatic ring is 1. The van der Waals surface area contributed by atoms with Gasteiger partial charge in [0, 0.05) is 24.8 Å². The van der Waals surface area contributed by atoms with Gasteiger partial charge in [-0.2, -0.15) is 0 Å². The molecule has 0 spiro atoms. The van der Waals surface area contributed by atoms with Gasteiger partial charge < -0.3 is 15.4 Å². The molecular weight excluding hydrogens is 240 g/mol. The van der Waals surface area contributed by atoms with Crippen LogP contribution in [0.4, 0.5) is 5.69 Å². The summed E-state index contributed by atoms with van der Waals surface area (Å²) < 4.78 is 5.26. The van der Waals surface area contributed by atoms with E-state index < -0.39 is 0 Å². The van der Waals surface area contributed by atoms with E-state index in [9.17, 15) is 4.79 Å². The van der Waals surface area contributed by atoms with Gasteiger partial charge in [0.15, 0.2) is 0 Å². The highest BCUT2D eigenvalue weighted by Gasteiger charge is 2.22. The van der Waals surface area contributed by atoms with Crippen molar-refractivity contribution in [2.75, 3.05) is 25.9 Å². The third-order valence-corrected chi connectivity index (χ3v) is 3.76. The minimum absolute atomic E-state index is 0.0472. The Bertz CT molecular complexity index is 459. The van der Waals surface area contributed by atoms with E-state index in [0.717, 1.165) is 25.9 Å². The largest absolute Gasteiger partial charge is 0.496 e. The number of hydrogen-bond acceptors (Lipinski definition) is 3. The van der Waals surface area contributed by atoms with Crippen molar-refractivity contribution in [3.05, 3.63) is 23.8 Å². The molecule has 1 saturated heterocycles. The third-order valence-electron chi connectivity index (χ3n) is 3.76. The Kier molecular flexibility index (Phi) is 4.30. The second kappa shape index (κ2) is 5.95. The van der Waals surface area contributed by atoms with Crippen molar-refractivity contribution in [2.24, 2.45) is 5.92 Å². The summed E-state index contributed by atoms with van der Waals surface area (Å²) in [5, 5.41) is 0. The molecule has 0 radical (unpaired) electrons. The Balaban J connectivity index is 2.19. The zero-order chi connectivity index (χ0) is 13.8. The highest BCUT2D eigenvalue weighted by molar-refractivity contribution is 5.97. The standard InChI is InChI=1S/C15H22N2O2/c1-11-4-3-8-17(9-7-11)15(18)13-6-5-12(16)10-14(13)19-2/h5-6,10-11H,3-4,7-9,16H2,1-2H3. The number of amides is 1. The summed E-state index contributed by atoms with van der Waals surface area (Å²) in [5.74, 6) is 1.30. The van der Waals surface area contributed by atoms with E-state index in [0.29, 0.717) is 22.9 Å². The van der Waals surface area contributed by atoms with Crippen LogP contribution in [-0.2, 0) is 0 Å². The molecule has 0 aromatic heterocycles. The lowest BCUT2D eigenvalue weighted by Crippen LogP contribution is -2.32. The predicted octanol–water partition coefficient (Wildman–Crippen LogP) is 2.54. The molecule has 0 bridgehead atoms. The first kappa shape index (κ1) is 13.7. The van der Waals surface area contributed by atoms with Gasteiger partial charge in [-0.05, 0) is 37.3 Å². The van der Waals surface area contributed by atoms with E-state index in [1.807, 2.05) is 4.90 Å². The summed E-state index contributed by atoms with van der Waals surface area (Å²) in [6.45, 7) is 3.90. The van der Waals surface area contributed by atoms with E-state index in [4.69, 9.17) is 10.5 Å². The van der Waals surface area contributed by atoms with Crippen LogP contribution >= 0.6 is 0 Å². The molecule has 1 aromatic carbocycles. The van der Waals surface area contributed by atoms with Crippen LogP contribution < -0.4 is 10.5 Å². The van der Waals surface area contributed by atoms with Gasteiger partial charge in [-0.1, -0.05) is 6.92 Å². The molecule has 1 fully saturated rings. The van der Waals surface area contributed by atoms with Crippen LogP contribution in [-0.4, -0.2) is 31.0 Å². The number of nitrogens with two attached hydrogens (primary N) is 1. The Morgan fingerprint density at radius 3 is 2.89 bits per heavy atom. The number of ether oxygens (including phenoxy) is 1. The van der Waals surface area contributed by atoms with Crippen molar-refractivity contribution in [1.82, 2.24) is 4.90 Å². The molecule has 1 atom stereocenters. The van der Waals surface area contributed by atoms with Crippen LogP contribution in [0.3, 0.4) is 0 Å². The Hall–Kier alpha value is -1.71. The molecule has 104 valence electrons. The maximum Gasteiger partial charge on any atom is 0.257 e. The van der Waals surface area contributed by atoms with Crippen molar-refractivity contribution in [1.29, 1.82) is 0 Å². The number of methoxy groups -OCH3 is 1.